The van der Waals surface area contributed by atoms with Gasteiger partial charge in [-0.1, -0.05) is 18.2 Å². The molecule has 3 aromatic rings. The van der Waals surface area contributed by atoms with Crippen molar-refractivity contribution in [3.63, 3.8) is 0 Å². The highest BCUT2D eigenvalue weighted by molar-refractivity contribution is 5.79. The minimum Gasteiger partial charge on any atom is -0.380 e. The van der Waals surface area contributed by atoms with Crippen LogP contribution in [0.1, 0.15) is 16.7 Å². The third-order valence-electron chi connectivity index (χ3n) is 4.50. The average Bonchev–Trinajstić information content (AvgIpc) is 3.28. The summed E-state index contributed by atoms with van der Waals surface area (Å²) in [5.41, 5.74) is 3.78. The highest BCUT2D eigenvalue weighted by atomic mass is 19.1. The second-order valence-electron chi connectivity index (χ2n) is 6.58. The van der Waals surface area contributed by atoms with Gasteiger partial charge in [-0.05, 0) is 47.9 Å². The quantitative estimate of drug-likeness (QED) is 0.455. The second-order valence-corrected chi connectivity index (χ2v) is 6.58. The van der Waals surface area contributed by atoms with Gasteiger partial charge in [-0.25, -0.2) is 9.07 Å². The molecule has 0 atom stereocenters. The number of nitrogens with one attached hydrogen (secondary N) is 2. The Morgan fingerprint density at radius 2 is 1.93 bits per heavy atom. The molecule has 1 aromatic heterocycles. The molecular weight excluding hydrogens is 369 g/mol. The predicted octanol–water partition coefficient (Wildman–Crippen LogP) is 3.07. The minimum absolute atomic E-state index is 0.253. The molecule has 0 bridgehead atoms. The lowest BCUT2D eigenvalue weighted by Gasteiger charge is -2.13. The number of benzene rings is 2. The maximum atomic E-state index is 13.7. The summed E-state index contributed by atoms with van der Waals surface area (Å²) in [5, 5.41) is 10.8. The molecule has 0 spiro atoms. The first-order chi connectivity index (χ1) is 14.2. The Morgan fingerprint density at radius 3 is 2.62 bits per heavy atom. The largest absolute Gasteiger partial charge is 0.380 e. The summed E-state index contributed by atoms with van der Waals surface area (Å²) in [5.74, 6) is 0.451. The van der Waals surface area contributed by atoms with Crippen LogP contribution in [0.5, 0.6) is 0 Å². The van der Waals surface area contributed by atoms with Gasteiger partial charge in [-0.15, -0.1) is 0 Å². The third kappa shape index (κ3) is 5.89. The third-order valence-corrected chi connectivity index (χ3v) is 4.50. The van der Waals surface area contributed by atoms with Crippen molar-refractivity contribution in [1.29, 1.82) is 0 Å². The van der Waals surface area contributed by atoms with E-state index in [0.29, 0.717) is 18.1 Å². The van der Waals surface area contributed by atoms with Gasteiger partial charge in [0.25, 0.3) is 0 Å². The lowest BCUT2D eigenvalue weighted by atomic mass is 10.1. The van der Waals surface area contributed by atoms with Crippen molar-refractivity contribution >= 4 is 5.96 Å². The lowest BCUT2D eigenvalue weighted by Crippen LogP contribution is -2.37. The lowest BCUT2D eigenvalue weighted by molar-refractivity contribution is 0.181. The van der Waals surface area contributed by atoms with Gasteiger partial charge in [-0.3, -0.25) is 4.99 Å². The molecule has 6 nitrogen and oxygen atoms in total. The minimum atomic E-state index is -0.253. The Kier molecular flexibility index (Phi) is 7.35. The highest BCUT2D eigenvalue weighted by Crippen LogP contribution is 2.12. The number of rotatable bonds is 8. The molecule has 0 unspecified atom stereocenters. The summed E-state index contributed by atoms with van der Waals surface area (Å²) in [6, 6.07) is 15.3. The number of hydrogen-bond acceptors (Lipinski definition) is 3. The molecule has 0 saturated carbocycles. The standard InChI is InChI=1S/C22H26FN5O/c1-24-22(26-15-18-6-9-21(23)19(14-18)16-29-2)25-12-10-17-4-7-20(8-5-17)28-13-3-11-27-28/h3-9,11,13-14H,10,12,15-16H2,1-2H3,(H2,24,25,26). The number of halogens is 1. The van der Waals surface area contributed by atoms with Gasteiger partial charge >= 0.3 is 0 Å². The fraction of sp³-hybridized carbons (Fsp3) is 0.273. The van der Waals surface area contributed by atoms with Gasteiger partial charge in [-0.2, -0.15) is 5.10 Å². The molecule has 0 saturated heterocycles. The monoisotopic (exact) mass is 395 g/mol. The number of guanidine groups is 1. The van der Waals surface area contributed by atoms with Crippen molar-refractivity contribution in [2.45, 2.75) is 19.6 Å². The molecule has 0 fully saturated rings. The van der Waals surface area contributed by atoms with Gasteiger partial charge < -0.3 is 15.4 Å². The number of aromatic nitrogens is 2. The fourth-order valence-electron chi connectivity index (χ4n) is 2.97. The molecule has 2 aromatic carbocycles. The summed E-state index contributed by atoms with van der Waals surface area (Å²) < 4.78 is 20.6. The molecule has 0 radical (unpaired) electrons. The van der Waals surface area contributed by atoms with Crippen molar-refractivity contribution in [3.05, 3.63) is 83.4 Å². The Morgan fingerprint density at radius 1 is 1.14 bits per heavy atom. The van der Waals surface area contributed by atoms with Crippen molar-refractivity contribution in [2.24, 2.45) is 4.99 Å². The fourth-order valence-corrected chi connectivity index (χ4v) is 2.97. The van der Waals surface area contributed by atoms with E-state index < -0.39 is 0 Å². The van der Waals surface area contributed by atoms with E-state index in [2.05, 4.69) is 45.0 Å². The zero-order valence-corrected chi connectivity index (χ0v) is 16.7. The van der Waals surface area contributed by atoms with Crippen LogP contribution in [0.3, 0.4) is 0 Å². The number of ether oxygens (including phenoxy) is 1. The van der Waals surface area contributed by atoms with Crippen LogP contribution < -0.4 is 10.6 Å². The van der Waals surface area contributed by atoms with Crippen LogP contribution in [0.15, 0.2) is 65.9 Å². The Hall–Kier alpha value is -3.19. The first-order valence-corrected chi connectivity index (χ1v) is 9.49. The van der Waals surface area contributed by atoms with Crippen LogP contribution in [0.4, 0.5) is 4.39 Å². The van der Waals surface area contributed by atoms with Crippen molar-refractivity contribution < 1.29 is 9.13 Å². The number of hydrogen-bond donors (Lipinski definition) is 2. The molecule has 0 aliphatic heterocycles. The van der Waals surface area contributed by atoms with E-state index in [9.17, 15) is 4.39 Å². The van der Waals surface area contributed by atoms with E-state index in [0.717, 1.165) is 24.2 Å². The Bertz CT molecular complexity index is 923. The molecule has 0 amide bonds. The summed E-state index contributed by atoms with van der Waals surface area (Å²) in [6.45, 7) is 1.56. The summed E-state index contributed by atoms with van der Waals surface area (Å²) in [6.07, 6.45) is 4.56. The SMILES string of the molecule is CN=C(NCCc1ccc(-n2cccn2)cc1)NCc1ccc(F)c(COC)c1. The van der Waals surface area contributed by atoms with E-state index in [4.69, 9.17) is 4.74 Å². The molecule has 7 heteroatoms. The average molecular weight is 395 g/mol. The number of methoxy groups -OCH3 is 1. The van der Waals surface area contributed by atoms with Gasteiger partial charge in [0.05, 0.1) is 12.3 Å². The van der Waals surface area contributed by atoms with Crippen LogP contribution in [-0.2, 0) is 24.3 Å². The van der Waals surface area contributed by atoms with Crippen LogP contribution in [0.25, 0.3) is 5.69 Å². The summed E-state index contributed by atoms with van der Waals surface area (Å²) in [4.78, 5) is 4.24. The predicted molar refractivity (Wildman–Crippen MR) is 113 cm³/mol. The molecule has 3 rings (SSSR count). The molecular formula is C22H26FN5O. The number of nitrogens with zero attached hydrogens (tertiary/aromatic N) is 3. The zero-order valence-electron chi connectivity index (χ0n) is 16.7. The highest BCUT2D eigenvalue weighted by Gasteiger charge is 2.05. The molecule has 1 heterocycles. The smallest absolute Gasteiger partial charge is 0.191 e. The van der Waals surface area contributed by atoms with Crippen LogP contribution >= 0.6 is 0 Å². The maximum Gasteiger partial charge on any atom is 0.191 e. The van der Waals surface area contributed by atoms with Gasteiger partial charge in [0, 0.05) is 45.2 Å². The topological polar surface area (TPSA) is 63.5 Å². The molecule has 2 N–H and O–H groups in total. The van der Waals surface area contributed by atoms with E-state index >= 15 is 0 Å². The molecule has 152 valence electrons. The van der Waals surface area contributed by atoms with Gasteiger partial charge in [0.15, 0.2) is 5.96 Å². The Balaban J connectivity index is 1.46. The Labute approximate surface area is 170 Å². The second kappa shape index (κ2) is 10.4. The normalized spacial score (nSPS) is 11.5. The first kappa shape index (κ1) is 20.5. The van der Waals surface area contributed by atoms with E-state index in [1.54, 1.807) is 32.5 Å². The number of aliphatic imine (C=N–C) groups is 1. The van der Waals surface area contributed by atoms with Crippen molar-refractivity contribution in [2.75, 3.05) is 20.7 Å². The zero-order chi connectivity index (χ0) is 20.5. The van der Waals surface area contributed by atoms with Crippen molar-refractivity contribution in [3.8, 4) is 5.69 Å². The van der Waals surface area contributed by atoms with Crippen LogP contribution in [0.2, 0.25) is 0 Å². The first-order valence-electron chi connectivity index (χ1n) is 9.49. The van der Waals surface area contributed by atoms with Gasteiger partial charge in [0.2, 0.25) is 0 Å². The summed E-state index contributed by atoms with van der Waals surface area (Å²) in [7, 11) is 3.29. The van der Waals surface area contributed by atoms with Crippen molar-refractivity contribution in [1.82, 2.24) is 20.4 Å². The van der Waals surface area contributed by atoms with E-state index in [-0.39, 0.29) is 12.4 Å². The van der Waals surface area contributed by atoms with Crippen LogP contribution in [0, 0.1) is 5.82 Å². The maximum absolute atomic E-state index is 13.7. The van der Waals surface area contributed by atoms with E-state index in [1.807, 2.05) is 16.9 Å². The van der Waals surface area contributed by atoms with Crippen LogP contribution in [-0.4, -0.2) is 36.4 Å². The molecule has 29 heavy (non-hydrogen) atoms. The van der Waals surface area contributed by atoms with Gasteiger partial charge in [0.1, 0.15) is 5.82 Å². The molecule has 0 aliphatic carbocycles. The van der Waals surface area contributed by atoms with E-state index in [1.165, 1.54) is 11.6 Å². The summed E-state index contributed by atoms with van der Waals surface area (Å²) >= 11 is 0. The molecule has 0 aliphatic rings.